The van der Waals surface area contributed by atoms with Gasteiger partial charge in [0.05, 0.1) is 6.54 Å². The lowest BCUT2D eigenvalue weighted by atomic mass is 9.78. The summed E-state index contributed by atoms with van der Waals surface area (Å²) >= 11 is 1.97. The van der Waals surface area contributed by atoms with Crippen molar-refractivity contribution in [2.75, 3.05) is 39.3 Å². The second kappa shape index (κ2) is 7.34. The number of amides is 1. The maximum absolute atomic E-state index is 13.1. The highest BCUT2D eigenvalue weighted by Gasteiger charge is 2.44. The number of rotatable bonds is 2. The van der Waals surface area contributed by atoms with Gasteiger partial charge in [-0.2, -0.15) is 5.26 Å². The summed E-state index contributed by atoms with van der Waals surface area (Å²) in [6, 6.07) is -0.141. The molecule has 0 aromatic rings. The number of fused-ring (bicyclic) bond motifs is 1. The van der Waals surface area contributed by atoms with Crippen LogP contribution in [0.25, 0.3) is 0 Å². The highest BCUT2D eigenvalue weighted by molar-refractivity contribution is 8.00. The molecule has 3 saturated heterocycles. The average Bonchev–Trinajstić information content (AvgIpc) is 3.12. The summed E-state index contributed by atoms with van der Waals surface area (Å²) in [4.78, 5) is 19.1. The van der Waals surface area contributed by atoms with E-state index in [4.69, 9.17) is 5.26 Å². The van der Waals surface area contributed by atoms with Gasteiger partial charge in [-0.3, -0.25) is 15.0 Å². The topological polar surface area (TPSA) is 62.6 Å². The van der Waals surface area contributed by atoms with Crippen molar-refractivity contribution in [3.8, 4) is 6.19 Å². The summed E-state index contributed by atoms with van der Waals surface area (Å²) in [7, 11) is 0. The zero-order valence-corrected chi connectivity index (χ0v) is 15.9. The van der Waals surface area contributed by atoms with Gasteiger partial charge in [-0.15, -0.1) is 11.8 Å². The molecule has 0 spiro atoms. The third kappa shape index (κ3) is 3.36. The molecule has 7 heteroatoms. The lowest BCUT2D eigenvalue weighted by molar-refractivity contribution is -0.145. The molecule has 4 fully saturated rings. The van der Waals surface area contributed by atoms with Crippen LogP contribution in [-0.4, -0.2) is 76.7 Å². The molecule has 4 rings (SSSR count). The van der Waals surface area contributed by atoms with E-state index >= 15 is 0 Å². The summed E-state index contributed by atoms with van der Waals surface area (Å²) in [5.74, 6) is 1.80. The van der Waals surface area contributed by atoms with Crippen molar-refractivity contribution < 1.29 is 4.79 Å². The summed E-state index contributed by atoms with van der Waals surface area (Å²) < 4.78 is 0. The van der Waals surface area contributed by atoms with Crippen LogP contribution < -0.4 is 5.32 Å². The fourth-order valence-corrected chi connectivity index (χ4v) is 6.67. The summed E-state index contributed by atoms with van der Waals surface area (Å²) in [6.45, 7) is 7.28. The van der Waals surface area contributed by atoms with Crippen LogP contribution in [0.15, 0.2) is 0 Å². The second-order valence-electron chi connectivity index (χ2n) is 7.99. The second-order valence-corrected chi connectivity index (χ2v) is 9.31. The number of hydrogen-bond donors (Lipinski definition) is 1. The largest absolute Gasteiger partial charge is 0.315 e. The van der Waals surface area contributed by atoms with E-state index in [2.05, 4.69) is 23.3 Å². The van der Waals surface area contributed by atoms with Gasteiger partial charge in [0.2, 0.25) is 5.91 Å². The molecule has 25 heavy (non-hydrogen) atoms. The van der Waals surface area contributed by atoms with E-state index in [9.17, 15) is 4.79 Å². The molecular formula is C18H29N5OS. The molecule has 6 nitrogen and oxygen atoms in total. The molecule has 2 unspecified atom stereocenters. The maximum Gasteiger partial charge on any atom is 0.243 e. The minimum absolute atomic E-state index is 0.117. The first-order valence-electron chi connectivity index (χ1n) is 9.75. The number of hydrogen-bond acceptors (Lipinski definition) is 6. The van der Waals surface area contributed by atoms with E-state index in [-0.39, 0.29) is 17.4 Å². The first-order valence-corrected chi connectivity index (χ1v) is 10.7. The zero-order valence-electron chi connectivity index (χ0n) is 15.1. The number of nitrogens with one attached hydrogen (secondary N) is 1. The number of nitriles is 1. The fraction of sp³-hybridized carbons (Fsp3) is 0.889. The summed E-state index contributed by atoms with van der Waals surface area (Å²) in [6.07, 6.45) is 7.65. The van der Waals surface area contributed by atoms with Gasteiger partial charge in [0.15, 0.2) is 6.19 Å². The minimum Gasteiger partial charge on any atom is -0.315 e. The Hall–Kier alpha value is -0.970. The predicted octanol–water partition coefficient (Wildman–Crippen LogP) is 1.11. The van der Waals surface area contributed by atoms with Crippen molar-refractivity contribution in [1.29, 1.82) is 5.26 Å². The molecule has 138 valence electrons. The number of piperazine rings is 2. The lowest BCUT2D eigenvalue weighted by Crippen LogP contribution is -2.66. The van der Waals surface area contributed by atoms with Crippen molar-refractivity contribution in [3.63, 3.8) is 0 Å². The van der Waals surface area contributed by atoms with Crippen LogP contribution in [0, 0.1) is 23.3 Å². The zero-order chi connectivity index (χ0) is 17.4. The van der Waals surface area contributed by atoms with Gasteiger partial charge in [0.1, 0.15) is 11.5 Å². The van der Waals surface area contributed by atoms with Gasteiger partial charge in [-0.05, 0) is 18.3 Å². The monoisotopic (exact) mass is 363 g/mol. The van der Waals surface area contributed by atoms with Gasteiger partial charge in [-0.25, -0.2) is 0 Å². The average molecular weight is 364 g/mol. The molecule has 0 bridgehead atoms. The van der Waals surface area contributed by atoms with Gasteiger partial charge in [0.25, 0.3) is 0 Å². The molecule has 1 saturated carbocycles. The van der Waals surface area contributed by atoms with Crippen LogP contribution in [0.3, 0.4) is 0 Å². The Kier molecular flexibility index (Phi) is 5.12. The Morgan fingerprint density at radius 3 is 2.80 bits per heavy atom. The van der Waals surface area contributed by atoms with Crippen molar-refractivity contribution >= 4 is 17.7 Å². The first-order chi connectivity index (χ1) is 12.2. The maximum atomic E-state index is 13.1. The predicted molar refractivity (Wildman–Crippen MR) is 98.6 cm³/mol. The van der Waals surface area contributed by atoms with Crippen LogP contribution in [0.1, 0.15) is 32.6 Å². The van der Waals surface area contributed by atoms with Gasteiger partial charge in [0, 0.05) is 38.0 Å². The normalized spacial score (nSPS) is 40.0. The lowest BCUT2D eigenvalue weighted by Gasteiger charge is -2.46. The Balaban J connectivity index is 1.39. The molecule has 0 radical (unpaired) electrons. The third-order valence-corrected chi connectivity index (χ3v) is 8.11. The summed E-state index contributed by atoms with van der Waals surface area (Å²) in [5.41, 5.74) is 0.117. The van der Waals surface area contributed by atoms with Gasteiger partial charge >= 0.3 is 0 Å². The third-order valence-electron chi connectivity index (χ3n) is 6.56. The van der Waals surface area contributed by atoms with Crippen molar-refractivity contribution in [3.05, 3.63) is 0 Å². The van der Waals surface area contributed by atoms with Crippen LogP contribution in [-0.2, 0) is 4.79 Å². The molecule has 4 aliphatic rings. The van der Waals surface area contributed by atoms with E-state index in [1.165, 1.54) is 25.7 Å². The minimum atomic E-state index is -0.141. The molecule has 0 aromatic carbocycles. The molecule has 1 aliphatic carbocycles. The summed E-state index contributed by atoms with van der Waals surface area (Å²) in [5, 5.41) is 13.4. The highest BCUT2D eigenvalue weighted by Crippen LogP contribution is 2.41. The highest BCUT2D eigenvalue weighted by atomic mass is 32.2. The van der Waals surface area contributed by atoms with E-state index < -0.39 is 0 Å². The first kappa shape index (κ1) is 17.4. The molecule has 1 N–H and O–H groups in total. The van der Waals surface area contributed by atoms with Crippen molar-refractivity contribution in [2.24, 2.45) is 11.8 Å². The Morgan fingerprint density at radius 1 is 1.20 bits per heavy atom. The fourth-order valence-electron chi connectivity index (χ4n) is 5.00. The van der Waals surface area contributed by atoms with Crippen LogP contribution in [0.5, 0.6) is 0 Å². The van der Waals surface area contributed by atoms with E-state index in [0.29, 0.717) is 11.8 Å². The Labute approximate surface area is 154 Å². The number of nitrogens with zero attached hydrogens (tertiary/aromatic N) is 4. The Bertz CT molecular complexity index is 552. The van der Waals surface area contributed by atoms with E-state index in [0.717, 1.165) is 44.6 Å². The van der Waals surface area contributed by atoms with E-state index in [1.807, 2.05) is 16.7 Å². The molecule has 5 atom stereocenters. The standard InChI is InChI=1S/C18H29N5OS/c1-13-4-2-3-5-14(13)16-10-20-18(25-16)23-9-8-22-7-6-21(12-19)11-15(22)17(23)24/h13-16,18,20H,2-11H2,1H3/t13-,14+,15-,16?,18?/m1/s1. The quantitative estimate of drug-likeness (QED) is 0.742. The van der Waals surface area contributed by atoms with Crippen molar-refractivity contribution in [2.45, 2.75) is 49.4 Å². The van der Waals surface area contributed by atoms with Crippen LogP contribution in [0.2, 0.25) is 0 Å². The molecule has 0 aromatic heterocycles. The van der Waals surface area contributed by atoms with Gasteiger partial charge in [-0.1, -0.05) is 26.2 Å². The number of carbonyl (C=O) groups is 1. The molecule has 1 amide bonds. The molecular weight excluding hydrogens is 334 g/mol. The number of carbonyl (C=O) groups excluding carboxylic acids is 1. The van der Waals surface area contributed by atoms with Crippen molar-refractivity contribution in [1.82, 2.24) is 20.0 Å². The van der Waals surface area contributed by atoms with Crippen LogP contribution in [0.4, 0.5) is 0 Å². The number of thioether (sulfide) groups is 1. The Morgan fingerprint density at radius 2 is 2.00 bits per heavy atom. The molecule has 3 heterocycles. The smallest absolute Gasteiger partial charge is 0.243 e. The van der Waals surface area contributed by atoms with Gasteiger partial charge < -0.3 is 9.80 Å². The SMILES string of the molecule is C[C@@H]1CCCC[C@@H]1C1CNC(N2CCN3CCN(C#N)C[C@@H]3C2=O)S1. The van der Waals surface area contributed by atoms with Crippen LogP contribution >= 0.6 is 11.8 Å². The molecule has 3 aliphatic heterocycles. The van der Waals surface area contributed by atoms with E-state index in [1.54, 1.807) is 4.90 Å².